The molecule has 0 aliphatic carbocycles. The fraction of sp³-hybridized carbons (Fsp3) is 0.969. The van der Waals surface area contributed by atoms with Crippen LogP contribution in [0.2, 0.25) is 0 Å². The van der Waals surface area contributed by atoms with Crippen molar-refractivity contribution in [3.8, 4) is 0 Å². The van der Waals surface area contributed by atoms with Crippen molar-refractivity contribution in [3.05, 3.63) is 0 Å². The van der Waals surface area contributed by atoms with E-state index in [2.05, 4.69) is 39.4 Å². The van der Waals surface area contributed by atoms with Crippen LogP contribution < -0.4 is 0 Å². The second kappa shape index (κ2) is 20.2. The highest BCUT2D eigenvalue weighted by molar-refractivity contribution is 5.68. The molecule has 1 fully saturated rings. The van der Waals surface area contributed by atoms with Crippen molar-refractivity contribution in [3.63, 3.8) is 0 Å². The molecule has 6 nitrogen and oxygen atoms in total. The maximum Gasteiger partial charge on any atom is 0.305 e. The molecule has 0 amide bonds. The van der Waals surface area contributed by atoms with Crippen molar-refractivity contribution < 1.29 is 24.6 Å². The van der Waals surface area contributed by atoms with E-state index in [9.17, 15) is 15.0 Å². The maximum absolute atomic E-state index is 10.9. The van der Waals surface area contributed by atoms with E-state index in [-0.39, 0.29) is 29.8 Å². The maximum atomic E-state index is 10.9. The lowest BCUT2D eigenvalue weighted by Gasteiger charge is -2.53. The van der Waals surface area contributed by atoms with Crippen LogP contribution in [0.5, 0.6) is 0 Å². The number of aliphatic hydroxyl groups is 2. The SMILES string of the molecule is CC(C)(O)CON1C(C)(C)CC(O)CC1(C)C.CCCCCCCCCCCCCCCCCC(=O)OC. The first-order chi connectivity index (χ1) is 17.7. The molecule has 1 aliphatic rings. The van der Waals surface area contributed by atoms with Gasteiger partial charge in [0.15, 0.2) is 0 Å². The Hall–Kier alpha value is -0.690. The highest BCUT2D eigenvalue weighted by Gasteiger charge is 2.46. The van der Waals surface area contributed by atoms with Crippen molar-refractivity contribution in [2.75, 3.05) is 13.7 Å². The fourth-order valence-corrected chi connectivity index (χ4v) is 5.53. The average Bonchev–Trinajstić information content (AvgIpc) is 2.79. The quantitative estimate of drug-likeness (QED) is 0.126. The van der Waals surface area contributed by atoms with Gasteiger partial charge < -0.3 is 14.9 Å². The number of ether oxygens (including phenoxy) is 1. The lowest BCUT2D eigenvalue weighted by atomic mass is 9.80. The summed E-state index contributed by atoms with van der Waals surface area (Å²) >= 11 is 0. The number of rotatable bonds is 19. The zero-order chi connectivity index (χ0) is 29.1. The average molecular weight is 544 g/mol. The van der Waals surface area contributed by atoms with Crippen LogP contribution in [0, 0.1) is 0 Å². The number of hydrogen-bond acceptors (Lipinski definition) is 6. The van der Waals surface area contributed by atoms with E-state index in [0.29, 0.717) is 19.3 Å². The largest absolute Gasteiger partial charge is 0.469 e. The molecular formula is C32H65NO5. The molecule has 0 radical (unpaired) electrons. The zero-order valence-electron chi connectivity index (χ0n) is 26.6. The topological polar surface area (TPSA) is 79.2 Å². The Morgan fingerprint density at radius 1 is 0.789 bits per heavy atom. The van der Waals surface area contributed by atoms with Crippen LogP contribution in [0.4, 0.5) is 0 Å². The molecule has 1 saturated heterocycles. The number of piperidine rings is 1. The zero-order valence-corrected chi connectivity index (χ0v) is 26.6. The van der Waals surface area contributed by atoms with E-state index in [1.807, 2.05) is 5.06 Å². The molecule has 38 heavy (non-hydrogen) atoms. The van der Waals surface area contributed by atoms with Gasteiger partial charge in [-0.05, 0) is 60.8 Å². The molecule has 0 aromatic rings. The summed E-state index contributed by atoms with van der Waals surface area (Å²) in [6, 6.07) is 0. The van der Waals surface area contributed by atoms with Gasteiger partial charge in [-0.25, -0.2) is 0 Å². The van der Waals surface area contributed by atoms with Gasteiger partial charge in [-0.1, -0.05) is 96.8 Å². The first-order valence-electron chi connectivity index (χ1n) is 15.7. The van der Waals surface area contributed by atoms with E-state index in [1.54, 1.807) is 13.8 Å². The summed E-state index contributed by atoms with van der Waals surface area (Å²) in [4.78, 5) is 16.7. The van der Waals surface area contributed by atoms with Gasteiger partial charge in [0.25, 0.3) is 0 Å². The Labute approximate surface area is 236 Å². The second-order valence-electron chi connectivity index (χ2n) is 13.3. The molecule has 0 bridgehead atoms. The molecule has 2 N–H and O–H groups in total. The van der Waals surface area contributed by atoms with E-state index < -0.39 is 5.60 Å². The molecule has 0 aromatic carbocycles. The number of methoxy groups -OCH3 is 1. The third-order valence-corrected chi connectivity index (χ3v) is 7.33. The molecule has 0 atom stereocenters. The van der Waals surface area contributed by atoms with Crippen LogP contribution in [0.1, 0.15) is 164 Å². The first kappa shape index (κ1) is 37.3. The standard InChI is InChI=1S/C19H38O2.C13H27NO3/c1-3-4-5-6-7-8-9-10-11-12-13-14-15-16-17-18-19(20)21-2;1-11(2)7-10(15)8-12(3,4)14(11)17-9-13(5,6)16/h3-18H2,1-2H3;10,15-16H,7-9H2,1-6H3. The van der Waals surface area contributed by atoms with Gasteiger partial charge in [-0.15, -0.1) is 0 Å². The highest BCUT2D eigenvalue weighted by atomic mass is 16.7. The third kappa shape index (κ3) is 19.4. The highest BCUT2D eigenvalue weighted by Crippen LogP contribution is 2.38. The summed E-state index contributed by atoms with van der Waals surface area (Å²) in [6.45, 7) is 14.2. The molecule has 0 spiro atoms. The number of hydroxylamine groups is 2. The predicted octanol–water partition coefficient (Wildman–Crippen LogP) is 8.12. The molecule has 228 valence electrons. The minimum Gasteiger partial charge on any atom is -0.469 e. The van der Waals surface area contributed by atoms with Gasteiger partial charge in [-0.2, -0.15) is 5.06 Å². The minimum absolute atomic E-state index is 0.0651. The van der Waals surface area contributed by atoms with Gasteiger partial charge in [0.1, 0.15) is 0 Å². The minimum atomic E-state index is -0.845. The van der Waals surface area contributed by atoms with Crippen LogP contribution in [0.25, 0.3) is 0 Å². The van der Waals surface area contributed by atoms with Gasteiger partial charge in [0, 0.05) is 17.5 Å². The number of esters is 1. The van der Waals surface area contributed by atoms with E-state index in [1.165, 1.54) is 97.0 Å². The molecule has 1 rings (SSSR count). The lowest BCUT2D eigenvalue weighted by Crippen LogP contribution is -2.62. The number of aliphatic hydroxyl groups excluding tert-OH is 1. The van der Waals surface area contributed by atoms with E-state index >= 15 is 0 Å². The Morgan fingerprint density at radius 2 is 1.16 bits per heavy atom. The number of nitrogens with zero attached hydrogens (tertiary/aromatic N) is 1. The Balaban J connectivity index is 0.000000735. The van der Waals surface area contributed by atoms with Crippen LogP contribution in [0.3, 0.4) is 0 Å². The molecular weight excluding hydrogens is 478 g/mol. The van der Waals surface area contributed by atoms with Crippen LogP contribution in [-0.2, 0) is 14.4 Å². The van der Waals surface area contributed by atoms with Crippen LogP contribution in [-0.4, -0.2) is 57.7 Å². The first-order valence-corrected chi connectivity index (χ1v) is 15.7. The van der Waals surface area contributed by atoms with E-state index in [0.717, 1.165) is 6.42 Å². The van der Waals surface area contributed by atoms with Crippen molar-refractivity contribution in [2.24, 2.45) is 0 Å². The van der Waals surface area contributed by atoms with Crippen LogP contribution >= 0.6 is 0 Å². The smallest absolute Gasteiger partial charge is 0.305 e. The summed E-state index contributed by atoms with van der Waals surface area (Å²) < 4.78 is 4.63. The van der Waals surface area contributed by atoms with Crippen molar-refractivity contribution in [2.45, 2.75) is 187 Å². The summed E-state index contributed by atoms with van der Waals surface area (Å²) in [7, 11) is 1.47. The van der Waals surface area contributed by atoms with Gasteiger partial charge in [-0.3, -0.25) is 9.63 Å². The normalized spacial score (nSPS) is 17.6. The molecule has 1 aliphatic heterocycles. The fourth-order valence-electron chi connectivity index (χ4n) is 5.53. The Morgan fingerprint density at radius 3 is 1.50 bits per heavy atom. The molecule has 1 heterocycles. The van der Waals surface area contributed by atoms with Crippen molar-refractivity contribution in [1.29, 1.82) is 0 Å². The van der Waals surface area contributed by atoms with Gasteiger partial charge in [0.2, 0.25) is 0 Å². The van der Waals surface area contributed by atoms with Gasteiger partial charge >= 0.3 is 5.97 Å². The number of hydrogen-bond donors (Lipinski definition) is 2. The summed E-state index contributed by atoms with van der Waals surface area (Å²) in [5.74, 6) is -0.0651. The molecule has 0 aromatic heterocycles. The number of carbonyl (C=O) groups is 1. The Kier molecular flexibility index (Phi) is 19.9. The summed E-state index contributed by atoms with van der Waals surface area (Å²) in [5, 5.41) is 21.6. The molecule has 0 unspecified atom stereocenters. The van der Waals surface area contributed by atoms with Crippen molar-refractivity contribution in [1.82, 2.24) is 5.06 Å². The number of carbonyl (C=O) groups excluding carboxylic acids is 1. The predicted molar refractivity (Wildman–Crippen MR) is 159 cm³/mol. The van der Waals surface area contributed by atoms with Crippen LogP contribution in [0.15, 0.2) is 0 Å². The van der Waals surface area contributed by atoms with E-state index in [4.69, 9.17) is 4.84 Å². The summed E-state index contributed by atoms with van der Waals surface area (Å²) in [6.07, 6.45) is 22.0. The molecule has 0 saturated carbocycles. The van der Waals surface area contributed by atoms with Gasteiger partial charge in [0.05, 0.1) is 25.4 Å². The Bertz CT molecular complexity index is 567. The molecule has 6 heteroatoms. The van der Waals surface area contributed by atoms with Crippen molar-refractivity contribution >= 4 is 5.97 Å². The second-order valence-corrected chi connectivity index (χ2v) is 13.3. The monoisotopic (exact) mass is 543 g/mol. The third-order valence-electron chi connectivity index (χ3n) is 7.33. The number of unbranched alkanes of at least 4 members (excludes halogenated alkanes) is 14. The summed E-state index contributed by atoms with van der Waals surface area (Å²) in [5.41, 5.74) is -1.30. The lowest BCUT2D eigenvalue weighted by molar-refractivity contribution is -0.306.